The van der Waals surface area contributed by atoms with Gasteiger partial charge in [-0.1, -0.05) is 34.1 Å². The molecule has 0 saturated heterocycles. The van der Waals surface area contributed by atoms with Crippen molar-refractivity contribution in [3.63, 3.8) is 0 Å². The van der Waals surface area contributed by atoms with Crippen molar-refractivity contribution in [2.45, 2.75) is 24.6 Å². The Morgan fingerprint density at radius 2 is 2.00 bits per heavy atom. The smallest absolute Gasteiger partial charge is 0.319 e. The summed E-state index contributed by atoms with van der Waals surface area (Å²) in [5.74, 6) is 0.544. The molecular weight excluding hydrogens is 358 g/mol. The number of methoxy groups -OCH3 is 1. The van der Waals surface area contributed by atoms with Gasteiger partial charge in [0.1, 0.15) is 10.6 Å². The van der Waals surface area contributed by atoms with Crippen LogP contribution in [0.1, 0.15) is 16.8 Å². The number of esters is 1. The minimum absolute atomic E-state index is 0.268. The molecule has 2 aromatic rings. The van der Waals surface area contributed by atoms with Gasteiger partial charge in [-0.2, -0.15) is 0 Å². The molecule has 2 rings (SSSR count). The van der Waals surface area contributed by atoms with E-state index in [1.165, 1.54) is 12.7 Å². The molecule has 1 heterocycles. The maximum absolute atomic E-state index is 11.4. The lowest BCUT2D eigenvalue weighted by molar-refractivity contribution is -0.139. The number of halogens is 1. The Labute approximate surface area is 145 Å². The molecule has 0 saturated carbocycles. The average molecular weight is 378 g/mol. The third kappa shape index (κ3) is 5.36. The normalized spacial score (nSPS) is 11.8. The van der Waals surface area contributed by atoms with E-state index >= 15 is 0 Å². The predicted molar refractivity (Wildman–Crippen MR) is 93.1 cm³/mol. The van der Waals surface area contributed by atoms with Gasteiger partial charge in [0.2, 0.25) is 0 Å². The highest BCUT2D eigenvalue weighted by Crippen LogP contribution is 2.17. The number of carbonyl (C=O) groups is 1. The largest absolute Gasteiger partial charge is 0.493 e. The summed E-state index contributed by atoms with van der Waals surface area (Å²) in [6.07, 6.45) is 3.16. The van der Waals surface area contributed by atoms with E-state index in [0.29, 0.717) is 13.0 Å². The molecule has 23 heavy (non-hydrogen) atoms. The van der Waals surface area contributed by atoms with Crippen LogP contribution in [-0.2, 0) is 22.4 Å². The van der Waals surface area contributed by atoms with E-state index in [-0.39, 0.29) is 10.8 Å². The first-order valence-electron chi connectivity index (χ1n) is 7.44. The molecule has 0 fully saturated rings. The van der Waals surface area contributed by atoms with Crippen LogP contribution in [0.25, 0.3) is 0 Å². The van der Waals surface area contributed by atoms with Gasteiger partial charge in [0.25, 0.3) is 0 Å². The van der Waals surface area contributed by atoms with Crippen molar-refractivity contribution in [2.75, 3.05) is 13.7 Å². The molecule has 0 N–H and O–H groups in total. The molecule has 0 radical (unpaired) electrons. The number of aromatic nitrogens is 1. The highest BCUT2D eigenvalue weighted by Gasteiger charge is 2.15. The van der Waals surface area contributed by atoms with Crippen molar-refractivity contribution in [1.82, 2.24) is 4.98 Å². The van der Waals surface area contributed by atoms with Crippen molar-refractivity contribution in [3.05, 3.63) is 59.4 Å². The van der Waals surface area contributed by atoms with Gasteiger partial charge in [0.15, 0.2) is 0 Å². The van der Waals surface area contributed by atoms with Crippen LogP contribution in [0.3, 0.4) is 0 Å². The summed E-state index contributed by atoms with van der Waals surface area (Å²) in [6.45, 7) is 2.63. The molecule has 1 unspecified atom stereocenters. The molecule has 0 aliphatic heterocycles. The second-order valence-corrected chi connectivity index (χ2v) is 6.31. The van der Waals surface area contributed by atoms with E-state index in [1.807, 2.05) is 30.3 Å². The van der Waals surface area contributed by atoms with Crippen molar-refractivity contribution < 1.29 is 14.3 Å². The summed E-state index contributed by atoms with van der Waals surface area (Å²) in [5.41, 5.74) is 3.28. The Kier molecular flexibility index (Phi) is 6.59. The summed E-state index contributed by atoms with van der Waals surface area (Å²) < 4.78 is 10.4. The third-order valence-electron chi connectivity index (χ3n) is 3.52. The molecule has 5 heteroatoms. The van der Waals surface area contributed by atoms with Crippen LogP contribution >= 0.6 is 15.9 Å². The van der Waals surface area contributed by atoms with Crippen molar-refractivity contribution in [2.24, 2.45) is 0 Å². The number of aryl methyl sites for hydroxylation is 1. The molecule has 0 amide bonds. The lowest BCUT2D eigenvalue weighted by atomic mass is 10.1. The van der Waals surface area contributed by atoms with E-state index < -0.39 is 0 Å². The minimum Gasteiger partial charge on any atom is -0.493 e. The van der Waals surface area contributed by atoms with Gasteiger partial charge in [-0.15, -0.1) is 0 Å². The quantitative estimate of drug-likeness (QED) is 0.547. The summed E-state index contributed by atoms with van der Waals surface area (Å²) >= 11 is 3.32. The summed E-state index contributed by atoms with van der Waals surface area (Å²) in [6, 6.07) is 11.7. The average Bonchev–Trinajstić information content (AvgIpc) is 2.57. The number of alkyl halides is 1. The fourth-order valence-corrected chi connectivity index (χ4v) is 2.75. The molecular formula is C18H20BrNO3. The highest BCUT2D eigenvalue weighted by atomic mass is 79.9. The van der Waals surface area contributed by atoms with Gasteiger partial charge in [0, 0.05) is 18.3 Å². The molecule has 1 atom stereocenters. The molecule has 122 valence electrons. The fourth-order valence-electron chi connectivity index (χ4n) is 2.19. The number of nitrogens with zero attached hydrogens (tertiary/aromatic N) is 1. The second kappa shape index (κ2) is 8.67. The van der Waals surface area contributed by atoms with Crippen LogP contribution in [0.5, 0.6) is 5.75 Å². The molecule has 1 aromatic carbocycles. The van der Waals surface area contributed by atoms with Gasteiger partial charge in [0.05, 0.1) is 13.7 Å². The molecule has 1 aromatic heterocycles. The van der Waals surface area contributed by atoms with Crippen LogP contribution in [0.4, 0.5) is 0 Å². The van der Waals surface area contributed by atoms with Gasteiger partial charge >= 0.3 is 5.97 Å². The standard InChI is InChI=1S/C18H20BrNO3/c1-13-4-3-10-20-17(13)9-11-23-15-7-5-14(6-8-15)12-16(19)18(21)22-2/h3-8,10,16H,9,11-12H2,1-2H3. The van der Waals surface area contributed by atoms with E-state index in [4.69, 9.17) is 9.47 Å². The van der Waals surface area contributed by atoms with Gasteiger partial charge in [-0.25, -0.2) is 0 Å². The van der Waals surface area contributed by atoms with Gasteiger partial charge in [-0.05, 0) is 42.7 Å². The highest BCUT2D eigenvalue weighted by molar-refractivity contribution is 9.10. The zero-order valence-electron chi connectivity index (χ0n) is 13.3. The van der Waals surface area contributed by atoms with Crippen molar-refractivity contribution in [3.8, 4) is 5.75 Å². The second-order valence-electron chi connectivity index (χ2n) is 5.20. The van der Waals surface area contributed by atoms with Crippen LogP contribution in [0, 0.1) is 6.92 Å². The number of rotatable bonds is 7. The zero-order chi connectivity index (χ0) is 16.7. The Hall–Kier alpha value is -1.88. The minimum atomic E-state index is -0.327. The molecule has 0 bridgehead atoms. The third-order valence-corrected chi connectivity index (χ3v) is 4.22. The van der Waals surface area contributed by atoms with Crippen LogP contribution in [-0.4, -0.2) is 29.5 Å². The number of hydrogen-bond donors (Lipinski definition) is 0. The molecule has 0 spiro atoms. The topological polar surface area (TPSA) is 48.4 Å². The number of ether oxygens (including phenoxy) is 2. The molecule has 4 nitrogen and oxygen atoms in total. The summed E-state index contributed by atoms with van der Waals surface area (Å²) in [7, 11) is 1.39. The van der Waals surface area contributed by atoms with E-state index in [9.17, 15) is 4.79 Å². The Morgan fingerprint density at radius 1 is 1.26 bits per heavy atom. The monoisotopic (exact) mass is 377 g/mol. The lowest BCUT2D eigenvalue weighted by Gasteiger charge is -2.10. The summed E-state index contributed by atoms with van der Waals surface area (Å²) in [5, 5.41) is 0. The van der Waals surface area contributed by atoms with E-state index in [0.717, 1.165) is 23.4 Å². The van der Waals surface area contributed by atoms with Crippen molar-refractivity contribution in [1.29, 1.82) is 0 Å². The summed E-state index contributed by atoms with van der Waals surface area (Å²) in [4.78, 5) is 15.4. The van der Waals surface area contributed by atoms with Crippen LogP contribution in [0.2, 0.25) is 0 Å². The number of benzene rings is 1. The number of carbonyl (C=O) groups excluding carboxylic acids is 1. The first-order valence-corrected chi connectivity index (χ1v) is 8.36. The van der Waals surface area contributed by atoms with Crippen molar-refractivity contribution >= 4 is 21.9 Å². The van der Waals surface area contributed by atoms with E-state index in [2.05, 4.69) is 33.9 Å². The SMILES string of the molecule is COC(=O)C(Br)Cc1ccc(OCCc2ncccc2C)cc1. The Balaban J connectivity index is 1.83. The Morgan fingerprint density at radius 3 is 2.65 bits per heavy atom. The number of pyridine rings is 1. The maximum atomic E-state index is 11.4. The molecule has 0 aliphatic carbocycles. The van der Waals surface area contributed by atoms with Gasteiger partial charge in [-0.3, -0.25) is 9.78 Å². The predicted octanol–water partition coefficient (Wildman–Crippen LogP) is 3.49. The van der Waals surface area contributed by atoms with E-state index in [1.54, 1.807) is 6.20 Å². The fraction of sp³-hybridized carbons (Fsp3) is 0.333. The zero-order valence-corrected chi connectivity index (χ0v) is 14.9. The first-order chi connectivity index (χ1) is 11.1. The van der Waals surface area contributed by atoms with Gasteiger partial charge < -0.3 is 9.47 Å². The molecule has 0 aliphatic rings. The lowest BCUT2D eigenvalue weighted by Crippen LogP contribution is -2.17. The maximum Gasteiger partial charge on any atom is 0.319 e. The first kappa shape index (κ1) is 17.5. The Bertz CT molecular complexity index is 643. The van der Waals surface area contributed by atoms with Crippen LogP contribution < -0.4 is 4.74 Å². The van der Waals surface area contributed by atoms with Crippen LogP contribution in [0.15, 0.2) is 42.6 Å². The number of hydrogen-bond acceptors (Lipinski definition) is 4.